The Kier molecular flexibility index (Phi) is 12.4. The first-order chi connectivity index (χ1) is 4.48. The van der Waals surface area contributed by atoms with Crippen molar-refractivity contribution < 1.29 is 0 Å². The van der Waals surface area contributed by atoms with Crippen LogP contribution in [0.25, 0.3) is 0 Å². The van der Waals surface area contributed by atoms with Crippen molar-refractivity contribution in [2.75, 3.05) is 6.54 Å². The van der Waals surface area contributed by atoms with E-state index >= 15 is 0 Å². The monoisotopic (exact) mass is 216 g/mol. The van der Waals surface area contributed by atoms with Gasteiger partial charge in [0.2, 0.25) is 0 Å². The van der Waals surface area contributed by atoms with Gasteiger partial charge in [0.1, 0.15) is 0 Å². The van der Waals surface area contributed by atoms with Crippen molar-refractivity contribution in [2.24, 2.45) is 16.9 Å². The molecule has 0 aromatic heterocycles. The fourth-order valence-electron chi connectivity index (χ4n) is 0.771. The van der Waals surface area contributed by atoms with Crippen LogP contribution in [0.2, 0.25) is 0 Å². The average molecular weight is 217 g/mol. The van der Waals surface area contributed by atoms with Gasteiger partial charge in [0.25, 0.3) is 0 Å². The minimum Gasteiger partial charge on any atom is -0.330 e. The van der Waals surface area contributed by atoms with E-state index in [2.05, 4.69) is 20.8 Å². The second-order valence-corrected chi connectivity index (χ2v) is 3.90. The Bertz CT molecular complexity index is 91.5. The molecule has 0 fully saturated rings. The van der Waals surface area contributed by atoms with Crippen LogP contribution in [0.1, 0.15) is 33.6 Å². The number of hydrogen-bond donors (Lipinski definition) is 2. The molecule has 0 heterocycles. The zero-order chi connectivity index (χ0) is 8.20. The van der Waals surface area contributed by atoms with Crippen LogP contribution in [-0.2, 0) is 0 Å². The normalized spacial score (nSPS) is 12.8. The predicted octanol–water partition coefficient (Wildman–Crippen LogP) is 1.94. The van der Waals surface area contributed by atoms with Gasteiger partial charge in [-0.1, -0.05) is 20.8 Å². The van der Waals surface area contributed by atoms with Crippen molar-refractivity contribution in [3.8, 4) is 0 Å². The zero-order valence-electron chi connectivity index (χ0n) is 8.17. The highest BCUT2D eigenvalue weighted by Crippen LogP contribution is 2.20. The maximum absolute atomic E-state index is 5.88. The van der Waals surface area contributed by atoms with Crippen LogP contribution < -0.4 is 11.5 Å². The molecule has 0 rings (SSSR count). The van der Waals surface area contributed by atoms with Gasteiger partial charge in [-0.05, 0) is 24.8 Å². The minimum absolute atomic E-state index is 0. The molecule has 0 spiro atoms. The van der Waals surface area contributed by atoms with Crippen LogP contribution in [0.5, 0.6) is 0 Å². The molecule has 0 saturated heterocycles. The van der Waals surface area contributed by atoms with Crippen molar-refractivity contribution in [3.63, 3.8) is 0 Å². The Labute approximate surface area is 88.3 Å². The molecule has 1 atom stereocenters. The topological polar surface area (TPSA) is 52.0 Å². The van der Waals surface area contributed by atoms with Crippen LogP contribution in [0, 0.1) is 5.41 Å². The van der Waals surface area contributed by atoms with Gasteiger partial charge in [0, 0.05) is 6.04 Å². The van der Waals surface area contributed by atoms with Crippen LogP contribution in [0.15, 0.2) is 0 Å². The first kappa shape index (κ1) is 18.3. The van der Waals surface area contributed by atoms with E-state index in [0.717, 1.165) is 19.4 Å². The summed E-state index contributed by atoms with van der Waals surface area (Å²) in [6, 6.07) is 0.288. The number of hydrogen-bond acceptors (Lipinski definition) is 2. The Hall–Kier alpha value is 0.500. The molecule has 0 bridgehead atoms. The third kappa shape index (κ3) is 8.60. The molecule has 4 N–H and O–H groups in total. The third-order valence-electron chi connectivity index (χ3n) is 1.83. The van der Waals surface area contributed by atoms with Gasteiger partial charge >= 0.3 is 0 Å². The van der Waals surface area contributed by atoms with Gasteiger partial charge in [0.15, 0.2) is 0 Å². The highest BCUT2D eigenvalue weighted by atomic mass is 35.5. The minimum atomic E-state index is 0. The molecule has 0 aromatic carbocycles. The zero-order valence-corrected chi connectivity index (χ0v) is 9.80. The first-order valence-corrected chi connectivity index (χ1v) is 3.94. The lowest BCUT2D eigenvalue weighted by molar-refractivity contribution is 0.302. The summed E-state index contributed by atoms with van der Waals surface area (Å²) in [4.78, 5) is 0. The summed E-state index contributed by atoms with van der Waals surface area (Å²) in [7, 11) is 0. The number of nitrogens with two attached hydrogens (primary N) is 2. The summed E-state index contributed by atoms with van der Waals surface area (Å²) < 4.78 is 0. The van der Waals surface area contributed by atoms with Crippen molar-refractivity contribution in [1.82, 2.24) is 0 Å². The second kappa shape index (κ2) is 8.11. The van der Waals surface area contributed by atoms with E-state index in [4.69, 9.17) is 11.5 Å². The van der Waals surface area contributed by atoms with Crippen molar-refractivity contribution >= 4 is 24.8 Å². The SMILES string of the molecule is CC(C)(C)C(N)CCCN.Cl.Cl. The lowest BCUT2D eigenvalue weighted by atomic mass is 9.85. The Morgan fingerprint density at radius 1 is 1.17 bits per heavy atom. The molecule has 0 aliphatic carbocycles. The molecule has 0 radical (unpaired) electrons. The van der Waals surface area contributed by atoms with Crippen molar-refractivity contribution in [3.05, 3.63) is 0 Å². The summed E-state index contributed by atoms with van der Waals surface area (Å²) in [5.74, 6) is 0. The summed E-state index contributed by atoms with van der Waals surface area (Å²) in [5.41, 5.74) is 11.5. The molecule has 0 aromatic rings. The largest absolute Gasteiger partial charge is 0.330 e. The molecule has 2 nitrogen and oxygen atoms in total. The summed E-state index contributed by atoms with van der Waals surface area (Å²) >= 11 is 0. The molecular weight excluding hydrogens is 195 g/mol. The number of halogens is 2. The fourth-order valence-corrected chi connectivity index (χ4v) is 0.771. The quantitative estimate of drug-likeness (QED) is 0.759. The van der Waals surface area contributed by atoms with Gasteiger partial charge in [0.05, 0.1) is 0 Å². The van der Waals surface area contributed by atoms with Crippen LogP contribution in [-0.4, -0.2) is 12.6 Å². The fraction of sp³-hybridized carbons (Fsp3) is 1.00. The maximum atomic E-state index is 5.88. The van der Waals surface area contributed by atoms with E-state index in [9.17, 15) is 0 Å². The highest BCUT2D eigenvalue weighted by Gasteiger charge is 2.19. The lowest BCUT2D eigenvalue weighted by Crippen LogP contribution is -2.35. The Morgan fingerprint density at radius 3 is 1.83 bits per heavy atom. The predicted molar refractivity (Wildman–Crippen MR) is 60.2 cm³/mol. The first-order valence-electron chi connectivity index (χ1n) is 3.94. The Morgan fingerprint density at radius 2 is 1.58 bits per heavy atom. The summed E-state index contributed by atoms with van der Waals surface area (Å²) in [6.45, 7) is 7.24. The van der Waals surface area contributed by atoms with E-state index < -0.39 is 0 Å². The van der Waals surface area contributed by atoms with E-state index in [1.54, 1.807) is 0 Å². The Balaban J connectivity index is -0.000000405. The standard InChI is InChI=1S/C8H20N2.2ClH/c1-8(2,3)7(10)5-4-6-9;;/h7H,4-6,9-10H2,1-3H3;2*1H. The molecule has 78 valence electrons. The summed E-state index contributed by atoms with van der Waals surface area (Å²) in [5, 5.41) is 0. The number of rotatable bonds is 3. The van der Waals surface area contributed by atoms with E-state index in [-0.39, 0.29) is 36.3 Å². The lowest BCUT2D eigenvalue weighted by Gasteiger charge is -2.26. The second-order valence-electron chi connectivity index (χ2n) is 3.90. The van der Waals surface area contributed by atoms with Crippen LogP contribution in [0.4, 0.5) is 0 Å². The average Bonchev–Trinajstić information content (AvgIpc) is 1.80. The molecule has 0 amide bonds. The van der Waals surface area contributed by atoms with Crippen molar-refractivity contribution in [1.29, 1.82) is 0 Å². The molecule has 1 unspecified atom stereocenters. The molecule has 12 heavy (non-hydrogen) atoms. The molecule has 0 aliphatic rings. The van der Waals surface area contributed by atoms with Gasteiger partial charge < -0.3 is 11.5 Å². The van der Waals surface area contributed by atoms with E-state index in [0.29, 0.717) is 0 Å². The molecular formula is C8H22Cl2N2. The van der Waals surface area contributed by atoms with E-state index in [1.807, 2.05) is 0 Å². The van der Waals surface area contributed by atoms with Crippen molar-refractivity contribution in [2.45, 2.75) is 39.7 Å². The van der Waals surface area contributed by atoms with E-state index in [1.165, 1.54) is 0 Å². The van der Waals surface area contributed by atoms with Gasteiger partial charge in [-0.25, -0.2) is 0 Å². The third-order valence-corrected chi connectivity index (χ3v) is 1.83. The molecule has 4 heteroatoms. The van der Waals surface area contributed by atoms with Gasteiger partial charge in [-0.15, -0.1) is 24.8 Å². The van der Waals surface area contributed by atoms with Crippen LogP contribution >= 0.6 is 24.8 Å². The van der Waals surface area contributed by atoms with Gasteiger partial charge in [-0.2, -0.15) is 0 Å². The highest BCUT2D eigenvalue weighted by molar-refractivity contribution is 5.85. The van der Waals surface area contributed by atoms with Crippen LogP contribution in [0.3, 0.4) is 0 Å². The molecule has 0 saturated carbocycles. The summed E-state index contributed by atoms with van der Waals surface area (Å²) in [6.07, 6.45) is 2.08. The molecule has 0 aliphatic heterocycles. The smallest absolute Gasteiger partial charge is 0.00881 e. The van der Waals surface area contributed by atoms with Gasteiger partial charge in [-0.3, -0.25) is 0 Å². The maximum Gasteiger partial charge on any atom is 0.00881 e.